The minimum Gasteiger partial charge on any atom is -0.456 e. The van der Waals surface area contributed by atoms with Crippen LogP contribution in [0.3, 0.4) is 0 Å². The van der Waals surface area contributed by atoms with Crippen LogP contribution in [-0.4, -0.2) is 30.4 Å². The van der Waals surface area contributed by atoms with Gasteiger partial charge in [0.15, 0.2) is 5.03 Å². The number of benzene rings is 2. The van der Waals surface area contributed by atoms with Crippen LogP contribution in [-0.2, 0) is 21.9 Å². The van der Waals surface area contributed by atoms with Gasteiger partial charge in [-0.15, -0.1) is 0 Å². The molecular weight excluding hydrogens is 428 g/mol. The summed E-state index contributed by atoms with van der Waals surface area (Å²) in [5.41, 5.74) is 0.565. The number of anilines is 1. The predicted octanol–water partition coefficient (Wildman–Crippen LogP) is 3.48. The normalized spacial score (nSPS) is 11.3. The fourth-order valence-corrected chi connectivity index (χ4v) is 3.76. The molecule has 0 aliphatic carbocycles. The van der Waals surface area contributed by atoms with Crippen molar-refractivity contribution >= 4 is 33.2 Å². The molecule has 1 heterocycles. The number of nitrogens with one attached hydrogen (secondary N) is 2. The number of para-hydroxylation sites is 1. The Morgan fingerprint density at radius 1 is 1.17 bits per heavy atom. The van der Waals surface area contributed by atoms with E-state index in [9.17, 15) is 13.2 Å². The van der Waals surface area contributed by atoms with Crippen molar-refractivity contribution in [1.82, 2.24) is 14.3 Å². The number of sulfonamides is 1. The lowest BCUT2D eigenvalue weighted by Gasteiger charge is -2.09. The van der Waals surface area contributed by atoms with Gasteiger partial charge in [-0.05, 0) is 43.3 Å². The van der Waals surface area contributed by atoms with Gasteiger partial charge in [-0.1, -0.05) is 23.7 Å². The second-order valence-electron chi connectivity index (χ2n) is 6.49. The number of nitrogens with zero attached hydrogens (tertiary/aromatic N) is 2. The number of ether oxygens (including phenoxy) is 1. The molecule has 8 nitrogen and oxygen atoms in total. The molecule has 0 bridgehead atoms. The van der Waals surface area contributed by atoms with E-state index in [1.54, 1.807) is 54.9 Å². The summed E-state index contributed by atoms with van der Waals surface area (Å²) in [4.78, 5) is 16.1. The van der Waals surface area contributed by atoms with E-state index in [-0.39, 0.29) is 23.9 Å². The molecule has 0 aliphatic rings. The second-order valence-corrected chi connectivity index (χ2v) is 8.61. The zero-order valence-electron chi connectivity index (χ0n) is 16.4. The topological polar surface area (TPSA) is 102 Å². The third kappa shape index (κ3) is 5.59. The molecule has 1 aromatic heterocycles. The van der Waals surface area contributed by atoms with Crippen LogP contribution in [0.15, 0.2) is 59.8 Å². The molecule has 0 fully saturated rings. The molecule has 0 radical (unpaired) electrons. The molecule has 0 unspecified atom stereocenters. The summed E-state index contributed by atoms with van der Waals surface area (Å²) in [5.74, 6) is 1.36. The van der Waals surface area contributed by atoms with Gasteiger partial charge in [0.25, 0.3) is 10.0 Å². The Morgan fingerprint density at radius 3 is 2.50 bits per heavy atom. The highest BCUT2D eigenvalue weighted by Gasteiger charge is 2.18. The Kier molecular flexibility index (Phi) is 6.76. The van der Waals surface area contributed by atoms with Gasteiger partial charge in [0.1, 0.15) is 17.3 Å². The standard InChI is InChI=1S/C20H21ClN4O4S/c1-14-23-20(13-25(14)2)30(27,28)22-12-11-19(26)24-15-7-9-16(10-8-15)29-18-6-4-3-5-17(18)21/h3-10,13,22H,11-12H2,1-2H3,(H,24,26). The van der Waals surface area contributed by atoms with E-state index in [4.69, 9.17) is 16.3 Å². The van der Waals surface area contributed by atoms with Crippen molar-refractivity contribution in [2.75, 3.05) is 11.9 Å². The maximum atomic E-state index is 12.2. The third-order valence-electron chi connectivity index (χ3n) is 4.21. The smallest absolute Gasteiger partial charge is 0.259 e. The molecule has 10 heteroatoms. The van der Waals surface area contributed by atoms with Crippen LogP contribution in [0.5, 0.6) is 11.5 Å². The number of amides is 1. The summed E-state index contributed by atoms with van der Waals surface area (Å²) < 4.78 is 34.1. The van der Waals surface area contributed by atoms with Gasteiger partial charge in [-0.3, -0.25) is 4.79 Å². The SMILES string of the molecule is Cc1nc(S(=O)(=O)NCCC(=O)Nc2ccc(Oc3ccccc3Cl)cc2)cn1C. The molecule has 3 rings (SSSR count). The van der Waals surface area contributed by atoms with Crippen LogP contribution < -0.4 is 14.8 Å². The molecule has 0 atom stereocenters. The third-order valence-corrected chi connectivity index (χ3v) is 5.85. The summed E-state index contributed by atoms with van der Waals surface area (Å²) in [5, 5.41) is 3.13. The fourth-order valence-electron chi connectivity index (χ4n) is 2.51. The Labute approximate surface area is 179 Å². The minimum atomic E-state index is -3.76. The number of rotatable bonds is 8. The first-order valence-electron chi connectivity index (χ1n) is 9.06. The lowest BCUT2D eigenvalue weighted by molar-refractivity contribution is -0.116. The van der Waals surface area contributed by atoms with Crippen molar-refractivity contribution in [3.05, 3.63) is 65.6 Å². The Bertz CT molecular complexity index is 1120. The first kappa shape index (κ1) is 21.8. The van der Waals surface area contributed by atoms with E-state index in [1.165, 1.54) is 6.20 Å². The number of imidazole rings is 1. The molecule has 0 spiro atoms. The number of halogens is 1. The van der Waals surface area contributed by atoms with Gasteiger partial charge in [0.2, 0.25) is 5.91 Å². The zero-order chi connectivity index (χ0) is 21.7. The summed E-state index contributed by atoms with van der Waals surface area (Å²) in [7, 11) is -2.05. The van der Waals surface area contributed by atoms with Crippen molar-refractivity contribution in [2.45, 2.75) is 18.4 Å². The van der Waals surface area contributed by atoms with E-state index in [0.29, 0.717) is 28.0 Å². The minimum absolute atomic E-state index is 0.0249. The number of hydrogen-bond donors (Lipinski definition) is 2. The van der Waals surface area contributed by atoms with Gasteiger partial charge in [-0.25, -0.2) is 18.1 Å². The van der Waals surface area contributed by atoms with E-state index < -0.39 is 10.0 Å². The Balaban J connectivity index is 1.49. The lowest BCUT2D eigenvalue weighted by Crippen LogP contribution is -2.28. The van der Waals surface area contributed by atoms with Gasteiger partial charge >= 0.3 is 0 Å². The number of carbonyl (C=O) groups is 1. The van der Waals surface area contributed by atoms with Crippen LogP contribution in [0.1, 0.15) is 12.2 Å². The number of aryl methyl sites for hydroxylation is 2. The van der Waals surface area contributed by atoms with E-state index in [2.05, 4.69) is 15.0 Å². The number of hydrogen-bond acceptors (Lipinski definition) is 5. The van der Waals surface area contributed by atoms with Crippen LogP contribution in [0.2, 0.25) is 5.02 Å². The number of aromatic nitrogens is 2. The van der Waals surface area contributed by atoms with Gasteiger partial charge in [-0.2, -0.15) is 0 Å². The van der Waals surface area contributed by atoms with Crippen molar-refractivity contribution in [1.29, 1.82) is 0 Å². The lowest BCUT2D eigenvalue weighted by atomic mass is 10.3. The molecule has 2 aromatic carbocycles. The molecule has 0 saturated carbocycles. The first-order valence-corrected chi connectivity index (χ1v) is 10.9. The summed E-state index contributed by atoms with van der Waals surface area (Å²) in [6, 6.07) is 13.9. The van der Waals surface area contributed by atoms with Crippen LogP contribution >= 0.6 is 11.6 Å². The van der Waals surface area contributed by atoms with Crippen LogP contribution in [0.4, 0.5) is 5.69 Å². The molecule has 2 N–H and O–H groups in total. The Morgan fingerprint density at radius 2 is 1.87 bits per heavy atom. The van der Waals surface area contributed by atoms with Crippen molar-refractivity contribution < 1.29 is 17.9 Å². The monoisotopic (exact) mass is 448 g/mol. The maximum Gasteiger partial charge on any atom is 0.259 e. The van der Waals surface area contributed by atoms with Gasteiger partial charge in [0.05, 0.1) is 5.02 Å². The quantitative estimate of drug-likeness (QED) is 0.549. The molecule has 158 valence electrons. The molecule has 1 amide bonds. The molecular formula is C20H21ClN4O4S. The summed E-state index contributed by atoms with van der Waals surface area (Å²) >= 11 is 6.07. The van der Waals surface area contributed by atoms with Gasteiger partial charge in [0, 0.05) is 31.9 Å². The highest BCUT2D eigenvalue weighted by Crippen LogP contribution is 2.29. The summed E-state index contributed by atoms with van der Waals surface area (Å²) in [6.07, 6.45) is 1.40. The summed E-state index contributed by atoms with van der Waals surface area (Å²) in [6.45, 7) is 1.66. The highest BCUT2D eigenvalue weighted by molar-refractivity contribution is 7.89. The van der Waals surface area contributed by atoms with Crippen LogP contribution in [0.25, 0.3) is 0 Å². The second kappa shape index (κ2) is 9.29. The first-order chi connectivity index (χ1) is 14.2. The van der Waals surface area contributed by atoms with Gasteiger partial charge < -0.3 is 14.6 Å². The van der Waals surface area contributed by atoms with E-state index >= 15 is 0 Å². The fraction of sp³-hybridized carbons (Fsp3) is 0.200. The van der Waals surface area contributed by atoms with Crippen molar-refractivity contribution in [3.8, 4) is 11.5 Å². The Hall–Kier alpha value is -2.88. The molecule has 0 saturated heterocycles. The van der Waals surface area contributed by atoms with E-state index in [1.807, 2.05) is 12.1 Å². The van der Waals surface area contributed by atoms with Crippen molar-refractivity contribution in [3.63, 3.8) is 0 Å². The largest absolute Gasteiger partial charge is 0.456 e. The molecule has 30 heavy (non-hydrogen) atoms. The maximum absolute atomic E-state index is 12.2. The average molecular weight is 449 g/mol. The van der Waals surface area contributed by atoms with Crippen molar-refractivity contribution in [2.24, 2.45) is 7.05 Å². The predicted molar refractivity (Wildman–Crippen MR) is 114 cm³/mol. The average Bonchev–Trinajstić information content (AvgIpc) is 3.04. The number of carbonyl (C=O) groups excluding carboxylic acids is 1. The zero-order valence-corrected chi connectivity index (χ0v) is 18.0. The molecule has 0 aliphatic heterocycles. The highest BCUT2D eigenvalue weighted by atomic mass is 35.5. The molecule has 3 aromatic rings. The van der Waals surface area contributed by atoms with Crippen LogP contribution in [0, 0.1) is 6.92 Å². The van der Waals surface area contributed by atoms with E-state index in [0.717, 1.165) is 0 Å².